The molecule has 1 aliphatic carbocycles. The molecule has 0 aromatic carbocycles. The zero-order valence-electron chi connectivity index (χ0n) is 11.5. The van der Waals surface area contributed by atoms with Crippen LogP contribution in [0.15, 0.2) is 34.0 Å². The van der Waals surface area contributed by atoms with Crippen LogP contribution in [-0.4, -0.2) is 24.2 Å². The molecule has 19 heavy (non-hydrogen) atoms. The zero-order valence-corrected chi connectivity index (χ0v) is 13.0. The van der Waals surface area contributed by atoms with Gasteiger partial charge in [0.05, 0.1) is 10.7 Å². The summed E-state index contributed by atoms with van der Waals surface area (Å²) in [5.74, 6) is 0. The fourth-order valence-corrected chi connectivity index (χ4v) is 2.92. The lowest BCUT2D eigenvalue weighted by Gasteiger charge is -2.27. The van der Waals surface area contributed by atoms with Crippen LogP contribution >= 0.6 is 23.2 Å². The van der Waals surface area contributed by atoms with Crippen molar-refractivity contribution in [2.45, 2.75) is 39.0 Å². The van der Waals surface area contributed by atoms with Gasteiger partial charge in [-0.3, -0.25) is 0 Å². The fourth-order valence-electron chi connectivity index (χ4n) is 2.15. The second kappa shape index (κ2) is 8.44. The van der Waals surface area contributed by atoms with E-state index < -0.39 is 0 Å². The number of nitrogens with one attached hydrogen (secondary N) is 1. The molecule has 2 nitrogen and oxygen atoms in total. The maximum Gasteiger partial charge on any atom is 0.0703 e. The molecule has 0 saturated carbocycles. The second-order valence-corrected chi connectivity index (χ2v) is 5.63. The van der Waals surface area contributed by atoms with Crippen molar-refractivity contribution in [3.63, 3.8) is 0 Å². The predicted molar refractivity (Wildman–Crippen MR) is 85.1 cm³/mol. The fraction of sp³-hybridized carbons (Fsp3) is 0.533. The van der Waals surface area contributed by atoms with Gasteiger partial charge in [0.25, 0.3) is 0 Å². The average molecular weight is 301 g/mol. The molecule has 0 heterocycles. The van der Waals surface area contributed by atoms with E-state index in [4.69, 9.17) is 28.6 Å². The lowest BCUT2D eigenvalue weighted by atomic mass is 10.1. The Morgan fingerprint density at radius 2 is 2.16 bits per heavy atom. The van der Waals surface area contributed by atoms with Crippen LogP contribution in [0.5, 0.6) is 0 Å². The molecule has 1 rings (SSSR count). The predicted octanol–water partition coefficient (Wildman–Crippen LogP) is 5.05. The minimum atomic E-state index is 0.703. The summed E-state index contributed by atoms with van der Waals surface area (Å²) in [6.45, 7) is 7.96. The Kier molecular flexibility index (Phi) is 7.25. The standard InChI is InChI=1S/C15H22Cl2N2/c1-3-9-19(10-5-4-8-18)15-13(16)7-6-12(2)11-14(15)17/h7-8,18H,2-6,9-11H2,1H3. The highest BCUT2D eigenvalue weighted by molar-refractivity contribution is 6.35. The Labute approximate surface area is 126 Å². The minimum absolute atomic E-state index is 0.703. The van der Waals surface area contributed by atoms with Gasteiger partial charge in [0, 0.05) is 24.5 Å². The van der Waals surface area contributed by atoms with Gasteiger partial charge >= 0.3 is 0 Å². The van der Waals surface area contributed by atoms with Crippen LogP contribution < -0.4 is 0 Å². The van der Waals surface area contributed by atoms with Crippen molar-refractivity contribution < 1.29 is 0 Å². The molecule has 0 saturated heterocycles. The summed E-state index contributed by atoms with van der Waals surface area (Å²) in [7, 11) is 0. The Balaban J connectivity index is 2.92. The first-order valence-corrected chi connectivity index (χ1v) is 7.51. The minimum Gasteiger partial charge on any atom is -0.369 e. The molecule has 0 aliphatic heterocycles. The van der Waals surface area contributed by atoms with Gasteiger partial charge in [-0.15, -0.1) is 0 Å². The number of hydrogen-bond acceptors (Lipinski definition) is 2. The number of nitrogens with zero attached hydrogens (tertiary/aromatic N) is 1. The summed E-state index contributed by atoms with van der Waals surface area (Å²) in [5.41, 5.74) is 2.04. The number of allylic oxidation sites excluding steroid dienone is 4. The SMILES string of the molecule is C=C1CC=C(Cl)C(N(CCC)CCCC=N)=C(Cl)C1. The monoisotopic (exact) mass is 300 g/mol. The van der Waals surface area contributed by atoms with Crippen LogP contribution in [0, 0.1) is 5.41 Å². The summed E-state index contributed by atoms with van der Waals surface area (Å²) in [4.78, 5) is 2.24. The van der Waals surface area contributed by atoms with Crippen LogP contribution in [0.3, 0.4) is 0 Å². The summed E-state index contributed by atoms with van der Waals surface area (Å²) in [5, 5.41) is 8.62. The molecule has 0 aromatic heterocycles. The molecule has 106 valence electrons. The van der Waals surface area contributed by atoms with E-state index in [-0.39, 0.29) is 0 Å². The summed E-state index contributed by atoms with van der Waals surface area (Å²) in [6, 6.07) is 0. The Morgan fingerprint density at radius 1 is 1.42 bits per heavy atom. The maximum atomic E-state index is 7.10. The van der Waals surface area contributed by atoms with Gasteiger partial charge in [0.2, 0.25) is 0 Å². The number of halogens is 2. The molecular formula is C15H22Cl2N2. The number of rotatable bonds is 7. The van der Waals surface area contributed by atoms with Crippen LogP contribution in [0.25, 0.3) is 0 Å². The van der Waals surface area contributed by atoms with E-state index in [0.29, 0.717) is 6.42 Å². The van der Waals surface area contributed by atoms with Crippen molar-refractivity contribution in [2.24, 2.45) is 0 Å². The Morgan fingerprint density at radius 3 is 2.79 bits per heavy atom. The lowest BCUT2D eigenvalue weighted by molar-refractivity contribution is 0.348. The van der Waals surface area contributed by atoms with Crippen molar-refractivity contribution in [3.05, 3.63) is 34.0 Å². The lowest BCUT2D eigenvalue weighted by Crippen LogP contribution is -2.26. The highest BCUT2D eigenvalue weighted by Gasteiger charge is 2.19. The molecule has 0 atom stereocenters. The molecule has 0 bridgehead atoms. The smallest absolute Gasteiger partial charge is 0.0703 e. The summed E-state index contributed by atoms with van der Waals surface area (Å²) >= 11 is 12.8. The van der Waals surface area contributed by atoms with Gasteiger partial charge in [-0.25, -0.2) is 0 Å². The topological polar surface area (TPSA) is 27.1 Å². The Hall–Kier alpha value is -0.730. The first kappa shape index (κ1) is 16.3. The normalized spacial score (nSPS) is 16.2. The third-order valence-corrected chi connectivity index (χ3v) is 3.69. The van der Waals surface area contributed by atoms with Crippen LogP contribution in [-0.2, 0) is 0 Å². The summed E-state index contributed by atoms with van der Waals surface area (Å²) in [6.07, 6.45) is 7.72. The molecule has 0 spiro atoms. The van der Waals surface area contributed by atoms with Gasteiger partial charge in [-0.05, 0) is 31.9 Å². The van der Waals surface area contributed by atoms with Gasteiger partial charge < -0.3 is 10.3 Å². The number of unbranched alkanes of at least 4 members (excludes halogenated alkanes) is 1. The van der Waals surface area contributed by atoms with Crippen molar-refractivity contribution in [1.29, 1.82) is 5.41 Å². The molecule has 0 unspecified atom stereocenters. The first-order chi connectivity index (χ1) is 9.10. The van der Waals surface area contributed by atoms with Crippen molar-refractivity contribution in [2.75, 3.05) is 13.1 Å². The third kappa shape index (κ3) is 5.04. The molecule has 0 aromatic rings. The molecule has 0 fully saturated rings. The summed E-state index contributed by atoms with van der Waals surface area (Å²) < 4.78 is 0. The third-order valence-electron chi connectivity index (χ3n) is 3.04. The zero-order chi connectivity index (χ0) is 14.3. The quantitative estimate of drug-likeness (QED) is 0.397. The van der Waals surface area contributed by atoms with E-state index >= 15 is 0 Å². The van der Waals surface area contributed by atoms with Crippen molar-refractivity contribution in [1.82, 2.24) is 4.90 Å². The van der Waals surface area contributed by atoms with E-state index in [2.05, 4.69) is 18.4 Å². The van der Waals surface area contributed by atoms with Crippen LogP contribution in [0.2, 0.25) is 0 Å². The van der Waals surface area contributed by atoms with Gasteiger partial charge in [-0.1, -0.05) is 48.4 Å². The Bertz CT molecular complexity index is 397. The maximum absolute atomic E-state index is 7.10. The van der Waals surface area contributed by atoms with E-state index in [1.54, 1.807) is 0 Å². The van der Waals surface area contributed by atoms with Crippen molar-refractivity contribution in [3.8, 4) is 0 Å². The van der Waals surface area contributed by atoms with E-state index in [0.717, 1.165) is 60.1 Å². The van der Waals surface area contributed by atoms with E-state index in [1.807, 2.05) is 6.08 Å². The highest BCUT2D eigenvalue weighted by Crippen LogP contribution is 2.33. The molecule has 1 N–H and O–H groups in total. The first-order valence-electron chi connectivity index (χ1n) is 6.75. The second-order valence-electron chi connectivity index (χ2n) is 4.77. The van der Waals surface area contributed by atoms with Gasteiger partial charge in [0.15, 0.2) is 0 Å². The van der Waals surface area contributed by atoms with Gasteiger partial charge in [-0.2, -0.15) is 0 Å². The molecule has 4 heteroatoms. The molecular weight excluding hydrogens is 279 g/mol. The number of hydrogen-bond donors (Lipinski definition) is 1. The van der Waals surface area contributed by atoms with E-state index in [1.165, 1.54) is 6.21 Å². The molecule has 0 radical (unpaired) electrons. The van der Waals surface area contributed by atoms with E-state index in [9.17, 15) is 0 Å². The van der Waals surface area contributed by atoms with Crippen LogP contribution in [0.1, 0.15) is 39.0 Å². The van der Waals surface area contributed by atoms with Crippen LogP contribution in [0.4, 0.5) is 0 Å². The molecule has 0 amide bonds. The average Bonchev–Trinajstić information content (AvgIpc) is 2.48. The highest BCUT2D eigenvalue weighted by atomic mass is 35.5. The van der Waals surface area contributed by atoms with Gasteiger partial charge in [0.1, 0.15) is 0 Å². The largest absolute Gasteiger partial charge is 0.369 e. The molecule has 1 aliphatic rings. The van der Waals surface area contributed by atoms with Crippen molar-refractivity contribution >= 4 is 29.4 Å².